The average Bonchev–Trinajstić information content (AvgIpc) is 2.95. The molecule has 1 aliphatic rings. The SMILES string of the molecule is CCN(CC)Cc1cccc(B2OCc3cc(F)ccc32)c1. The zero-order chi connectivity index (χ0) is 15.5. The first-order valence-corrected chi connectivity index (χ1v) is 7.92. The highest BCUT2D eigenvalue weighted by molar-refractivity contribution is 6.81. The summed E-state index contributed by atoms with van der Waals surface area (Å²) in [7, 11) is 0. The highest BCUT2D eigenvalue weighted by Gasteiger charge is 2.30. The maximum absolute atomic E-state index is 13.3. The summed E-state index contributed by atoms with van der Waals surface area (Å²) in [6, 6.07) is 13.5. The van der Waals surface area contributed by atoms with Crippen molar-refractivity contribution in [3.8, 4) is 0 Å². The molecular weight excluding hydrogens is 276 g/mol. The van der Waals surface area contributed by atoms with E-state index < -0.39 is 0 Å². The lowest BCUT2D eigenvalue weighted by Crippen LogP contribution is -2.41. The average molecular weight is 297 g/mol. The smallest absolute Gasteiger partial charge is 0.362 e. The minimum Gasteiger partial charge on any atom is -0.423 e. The van der Waals surface area contributed by atoms with Crippen LogP contribution in [0.5, 0.6) is 0 Å². The second-order valence-electron chi connectivity index (χ2n) is 5.74. The Kier molecular flexibility index (Phi) is 4.60. The summed E-state index contributed by atoms with van der Waals surface area (Å²) < 4.78 is 19.2. The molecular formula is C18H21BFNO. The molecule has 2 nitrogen and oxygen atoms in total. The number of rotatable bonds is 5. The molecule has 2 aromatic rings. The van der Waals surface area contributed by atoms with E-state index >= 15 is 0 Å². The van der Waals surface area contributed by atoms with Gasteiger partial charge in [0.25, 0.3) is 0 Å². The summed E-state index contributed by atoms with van der Waals surface area (Å²) in [6.45, 7) is 7.80. The van der Waals surface area contributed by atoms with Crippen LogP contribution in [0.25, 0.3) is 0 Å². The number of benzene rings is 2. The van der Waals surface area contributed by atoms with Crippen LogP contribution in [0.4, 0.5) is 4.39 Å². The molecule has 0 amide bonds. The largest absolute Gasteiger partial charge is 0.423 e. The van der Waals surface area contributed by atoms with Gasteiger partial charge in [-0.25, -0.2) is 4.39 Å². The van der Waals surface area contributed by atoms with E-state index in [0.29, 0.717) is 6.61 Å². The third-order valence-electron chi connectivity index (χ3n) is 4.35. The summed E-state index contributed by atoms with van der Waals surface area (Å²) in [5.74, 6) is -0.196. The third kappa shape index (κ3) is 3.08. The van der Waals surface area contributed by atoms with Gasteiger partial charge in [-0.3, -0.25) is 4.90 Å². The highest BCUT2D eigenvalue weighted by Crippen LogP contribution is 2.13. The van der Waals surface area contributed by atoms with Gasteiger partial charge in [0.2, 0.25) is 0 Å². The maximum Gasteiger partial charge on any atom is 0.362 e. The lowest BCUT2D eigenvalue weighted by molar-refractivity contribution is 0.296. The van der Waals surface area contributed by atoms with Crippen LogP contribution in [0.1, 0.15) is 25.0 Å². The van der Waals surface area contributed by atoms with E-state index in [2.05, 4.69) is 43.0 Å². The number of hydrogen-bond donors (Lipinski definition) is 0. The van der Waals surface area contributed by atoms with Gasteiger partial charge in [0.15, 0.2) is 0 Å². The third-order valence-corrected chi connectivity index (χ3v) is 4.35. The molecule has 0 saturated carbocycles. The van der Waals surface area contributed by atoms with Gasteiger partial charge >= 0.3 is 6.92 Å². The lowest BCUT2D eigenvalue weighted by atomic mass is 9.55. The van der Waals surface area contributed by atoms with Gasteiger partial charge in [-0.05, 0) is 47.3 Å². The van der Waals surface area contributed by atoms with Crippen molar-refractivity contribution in [1.82, 2.24) is 4.90 Å². The first-order valence-electron chi connectivity index (χ1n) is 7.92. The number of fused-ring (bicyclic) bond motifs is 1. The van der Waals surface area contributed by atoms with Crippen LogP contribution in [0.15, 0.2) is 42.5 Å². The lowest BCUT2D eigenvalue weighted by Gasteiger charge is -2.18. The molecule has 0 bridgehead atoms. The van der Waals surface area contributed by atoms with Gasteiger partial charge in [0, 0.05) is 6.54 Å². The number of hydrogen-bond acceptors (Lipinski definition) is 2. The Labute approximate surface area is 132 Å². The Morgan fingerprint density at radius 3 is 2.73 bits per heavy atom. The Balaban J connectivity index is 1.85. The zero-order valence-corrected chi connectivity index (χ0v) is 13.2. The molecule has 0 spiro atoms. The molecule has 0 saturated heterocycles. The Bertz CT molecular complexity index is 657. The molecule has 0 N–H and O–H groups in total. The summed E-state index contributed by atoms with van der Waals surface area (Å²) in [4.78, 5) is 2.39. The summed E-state index contributed by atoms with van der Waals surface area (Å²) in [6.07, 6.45) is 0. The van der Waals surface area contributed by atoms with Crippen LogP contribution in [0, 0.1) is 5.82 Å². The van der Waals surface area contributed by atoms with Crippen molar-refractivity contribution in [3.05, 3.63) is 59.4 Å². The van der Waals surface area contributed by atoms with E-state index in [1.807, 2.05) is 6.07 Å². The van der Waals surface area contributed by atoms with Gasteiger partial charge in [0.1, 0.15) is 5.82 Å². The van der Waals surface area contributed by atoms with E-state index in [1.54, 1.807) is 6.07 Å². The molecule has 0 radical (unpaired) electrons. The van der Waals surface area contributed by atoms with E-state index in [-0.39, 0.29) is 12.7 Å². The molecule has 0 aromatic heterocycles. The van der Waals surface area contributed by atoms with Crippen LogP contribution < -0.4 is 10.9 Å². The minimum absolute atomic E-state index is 0.0766. The molecule has 3 rings (SSSR count). The van der Waals surface area contributed by atoms with Crippen molar-refractivity contribution >= 4 is 17.8 Å². The normalized spacial score (nSPS) is 13.7. The van der Waals surface area contributed by atoms with Crippen LogP contribution in [-0.4, -0.2) is 24.9 Å². The first kappa shape index (κ1) is 15.3. The van der Waals surface area contributed by atoms with Crippen LogP contribution in [0.3, 0.4) is 0 Å². The van der Waals surface area contributed by atoms with Crippen molar-refractivity contribution in [1.29, 1.82) is 0 Å². The molecule has 0 atom stereocenters. The predicted octanol–water partition coefficient (Wildman–Crippen LogP) is 2.30. The standard InChI is InChI=1S/C18H21BFNO/c1-3-21(4-2)12-14-6-5-7-16(10-14)19-18-9-8-17(20)11-15(18)13-22-19/h5-11H,3-4,12-13H2,1-2H3. The molecule has 1 aliphatic heterocycles. The fourth-order valence-corrected chi connectivity index (χ4v) is 3.05. The van der Waals surface area contributed by atoms with Crippen LogP contribution in [-0.2, 0) is 17.8 Å². The molecule has 0 aliphatic carbocycles. The minimum atomic E-state index is -0.196. The van der Waals surface area contributed by atoms with Crippen molar-refractivity contribution in [2.24, 2.45) is 0 Å². The molecule has 0 fully saturated rings. The van der Waals surface area contributed by atoms with E-state index in [4.69, 9.17) is 4.65 Å². The van der Waals surface area contributed by atoms with Crippen molar-refractivity contribution in [3.63, 3.8) is 0 Å². The zero-order valence-electron chi connectivity index (χ0n) is 13.2. The molecule has 114 valence electrons. The Morgan fingerprint density at radius 2 is 1.95 bits per heavy atom. The summed E-state index contributed by atoms with van der Waals surface area (Å²) in [5, 5.41) is 0. The van der Waals surface area contributed by atoms with Crippen molar-refractivity contribution in [2.75, 3.05) is 13.1 Å². The second-order valence-corrected chi connectivity index (χ2v) is 5.74. The molecule has 4 heteroatoms. The summed E-state index contributed by atoms with van der Waals surface area (Å²) >= 11 is 0. The predicted molar refractivity (Wildman–Crippen MR) is 89.3 cm³/mol. The molecule has 22 heavy (non-hydrogen) atoms. The first-order chi connectivity index (χ1) is 10.7. The van der Waals surface area contributed by atoms with Gasteiger partial charge in [-0.15, -0.1) is 0 Å². The molecule has 0 unspecified atom stereocenters. The van der Waals surface area contributed by atoms with Crippen molar-refractivity contribution < 1.29 is 9.04 Å². The van der Waals surface area contributed by atoms with Gasteiger partial charge in [-0.1, -0.05) is 44.2 Å². The van der Waals surface area contributed by atoms with Crippen molar-refractivity contribution in [2.45, 2.75) is 27.0 Å². The fourth-order valence-electron chi connectivity index (χ4n) is 3.05. The Morgan fingerprint density at radius 1 is 1.14 bits per heavy atom. The van der Waals surface area contributed by atoms with Crippen LogP contribution >= 0.6 is 0 Å². The van der Waals surface area contributed by atoms with Crippen LogP contribution in [0.2, 0.25) is 0 Å². The highest BCUT2D eigenvalue weighted by atomic mass is 19.1. The monoisotopic (exact) mass is 297 g/mol. The number of nitrogens with zero attached hydrogens (tertiary/aromatic N) is 1. The van der Waals surface area contributed by atoms with E-state index in [9.17, 15) is 4.39 Å². The number of halogens is 1. The summed E-state index contributed by atoms with van der Waals surface area (Å²) in [5.41, 5.74) is 4.48. The topological polar surface area (TPSA) is 12.5 Å². The van der Waals surface area contributed by atoms with E-state index in [1.165, 1.54) is 11.6 Å². The van der Waals surface area contributed by atoms with Gasteiger partial charge in [-0.2, -0.15) is 0 Å². The fraction of sp³-hybridized carbons (Fsp3) is 0.333. The Hall–Kier alpha value is -1.65. The quantitative estimate of drug-likeness (QED) is 0.785. The maximum atomic E-state index is 13.3. The van der Waals surface area contributed by atoms with Gasteiger partial charge < -0.3 is 4.65 Å². The molecule has 2 aromatic carbocycles. The second kappa shape index (κ2) is 6.63. The van der Waals surface area contributed by atoms with Gasteiger partial charge in [0.05, 0.1) is 6.61 Å². The van der Waals surface area contributed by atoms with E-state index in [0.717, 1.165) is 36.1 Å². The molecule has 1 heterocycles.